The Bertz CT molecular complexity index is 135. The minimum atomic E-state index is -0.403. The first-order valence-electron chi connectivity index (χ1n) is 3.09. The molecule has 1 aliphatic rings. The van der Waals surface area contributed by atoms with Crippen molar-refractivity contribution in [2.75, 3.05) is 0 Å². The summed E-state index contributed by atoms with van der Waals surface area (Å²) in [5.74, 6) is -0.104. The highest BCUT2D eigenvalue weighted by atomic mass is 16.6. The van der Waals surface area contributed by atoms with E-state index in [1.54, 1.807) is 0 Å². The van der Waals surface area contributed by atoms with Crippen molar-refractivity contribution < 1.29 is 9.53 Å². The number of carbonyl (C=O) groups excluding carboxylic acids is 1. The Morgan fingerprint density at radius 2 is 2.11 bits per heavy atom. The maximum Gasteiger partial charge on any atom is 0.323 e. The monoisotopic (exact) mass is 129 g/mol. The highest BCUT2D eigenvalue weighted by Gasteiger charge is 2.36. The topological polar surface area (TPSA) is 52.3 Å². The Hall–Kier alpha value is -0.570. The molecule has 0 saturated carbocycles. The predicted octanol–water partition coefficient (Wildman–Crippen LogP) is -0.105. The van der Waals surface area contributed by atoms with Crippen molar-refractivity contribution in [3.05, 3.63) is 0 Å². The normalized spacial score (nSPS) is 43.0. The number of ether oxygens (including phenoxy) is 1. The van der Waals surface area contributed by atoms with Crippen LogP contribution in [0.4, 0.5) is 0 Å². The molecule has 0 radical (unpaired) electrons. The van der Waals surface area contributed by atoms with Crippen molar-refractivity contribution >= 4 is 5.97 Å². The van der Waals surface area contributed by atoms with Crippen molar-refractivity contribution in [1.29, 1.82) is 0 Å². The SMILES string of the molecule is CC1OC(=O)[C@@H](N)[C@@H]1C. The molecule has 3 heteroatoms. The fourth-order valence-electron chi connectivity index (χ4n) is 0.876. The zero-order valence-corrected chi connectivity index (χ0v) is 5.63. The summed E-state index contributed by atoms with van der Waals surface area (Å²) >= 11 is 0. The van der Waals surface area contributed by atoms with Crippen molar-refractivity contribution in [3.8, 4) is 0 Å². The predicted molar refractivity (Wildman–Crippen MR) is 32.7 cm³/mol. The number of nitrogens with two attached hydrogens (primary N) is 1. The van der Waals surface area contributed by atoms with E-state index in [9.17, 15) is 4.79 Å². The molecule has 3 atom stereocenters. The summed E-state index contributed by atoms with van der Waals surface area (Å²) in [6.07, 6.45) is -0.00694. The van der Waals surface area contributed by atoms with Crippen LogP contribution in [0.2, 0.25) is 0 Å². The summed E-state index contributed by atoms with van der Waals surface area (Å²) in [6.45, 7) is 3.77. The third-order valence-electron chi connectivity index (χ3n) is 1.88. The maximum atomic E-state index is 10.6. The second-order valence-corrected chi connectivity index (χ2v) is 2.53. The number of carbonyl (C=O) groups is 1. The molecule has 1 rings (SSSR count). The third kappa shape index (κ3) is 0.920. The van der Waals surface area contributed by atoms with E-state index in [4.69, 9.17) is 10.5 Å². The Labute approximate surface area is 54.2 Å². The lowest BCUT2D eigenvalue weighted by Gasteiger charge is -2.06. The molecule has 9 heavy (non-hydrogen) atoms. The van der Waals surface area contributed by atoms with Gasteiger partial charge >= 0.3 is 5.97 Å². The van der Waals surface area contributed by atoms with Gasteiger partial charge in [0.25, 0.3) is 0 Å². The number of rotatable bonds is 0. The van der Waals surface area contributed by atoms with Crippen molar-refractivity contribution in [2.24, 2.45) is 11.7 Å². The van der Waals surface area contributed by atoms with Crippen LogP contribution >= 0.6 is 0 Å². The van der Waals surface area contributed by atoms with Crippen LogP contribution in [0.1, 0.15) is 13.8 Å². The van der Waals surface area contributed by atoms with Gasteiger partial charge in [0.05, 0.1) is 0 Å². The molecule has 0 bridgehead atoms. The zero-order chi connectivity index (χ0) is 7.02. The van der Waals surface area contributed by atoms with E-state index in [2.05, 4.69) is 0 Å². The molecular weight excluding hydrogens is 118 g/mol. The molecule has 1 saturated heterocycles. The van der Waals surface area contributed by atoms with E-state index < -0.39 is 6.04 Å². The highest BCUT2D eigenvalue weighted by molar-refractivity contribution is 5.78. The molecule has 2 N–H and O–H groups in total. The van der Waals surface area contributed by atoms with Gasteiger partial charge in [-0.3, -0.25) is 4.79 Å². The molecule has 0 aromatic carbocycles. The van der Waals surface area contributed by atoms with Crippen LogP contribution in [0.3, 0.4) is 0 Å². The van der Waals surface area contributed by atoms with Gasteiger partial charge in [0.2, 0.25) is 0 Å². The van der Waals surface area contributed by atoms with Gasteiger partial charge in [0.1, 0.15) is 12.1 Å². The van der Waals surface area contributed by atoms with Gasteiger partial charge in [0, 0.05) is 5.92 Å². The summed E-state index contributed by atoms with van der Waals surface area (Å²) in [6, 6.07) is -0.403. The quantitative estimate of drug-likeness (QED) is 0.464. The van der Waals surface area contributed by atoms with E-state index in [-0.39, 0.29) is 18.0 Å². The van der Waals surface area contributed by atoms with Crippen LogP contribution in [0.15, 0.2) is 0 Å². The Morgan fingerprint density at radius 3 is 2.22 bits per heavy atom. The van der Waals surface area contributed by atoms with Gasteiger partial charge in [-0.1, -0.05) is 6.92 Å². The third-order valence-corrected chi connectivity index (χ3v) is 1.88. The first kappa shape index (κ1) is 6.55. The summed E-state index contributed by atoms with van der Waals surface area (Å²) < 4.78 is 4.82. The van der Waals surface area contributed by atoms with Crippen molar-refractivity contribution in [1.82, 2.24) is 0 Å². The Morgan fingerprint density at radius 1 is 1.56 bits per heavy atom. The molecule has 0 aromatic rings. The maximum absolute atomic E-state index is 10.6. The fourth-order valence-corrected chi connectivity index (χ4v) is 0.876. The van der Waals surface area contributed by atoms with Crippen LogP contribution in [-0.4, -0.2) is 18.1 Å². The molecule has 0 aliphatic carbocycles. The summed E-state index contributed by atoms with van der Waals surface area (Å²) in [7, 11) is 0. The molecular formula is C6H11NO2. The Balaban J connectivity index is 2.65. The van der Waals surface area contributed by atoms with Crippen LogP contribution in [-0.2, 0) is 9.53 Å². The molecule has 0 spiro atoms. The first-order valence-corrected chi connectivity index (χ1v) is 3.09. The fraction of sp³-hybridized carbons (Fsp3) is 0.833. The van der Waals surface area contributed by atoms with Crippen molar-refractivity contribution in [2.45, 2.75) is 26.0 Å². The zero-order valence-electron chi connectivity index (χ0n) is 5.63. The minimum absolute atomic E-state index is 0.00694. The standard InChI is InChI=1S/C6H11NO2/c1-3-4(2)9-6(8)5(3)7/h3-5H,7H2,1-2H3/t3-,4?,5+/m1/s1. The molecule has 0 aromatic heterocycles. The molecule has 3 nitrogen and oxygen atoms in total. The van der Waals surface area contributed by atoms with E-state index in [0.29, 0.717) is 0 Å². The minimum Gasteiger partial charge on any atom is -0.461 e. The Kier molecular flexibility index (Phi) is 1.45. The van der Waals surface area contributed by atoms with Crippen molar-refractivity contribution in [3.63, 3.8) is 0 Å². The van der Waals surface area contributed by atoms with Gasteiger partial charge in [-0.25, -0.2) is 0 Å². The van der Waals surface area contributed by atoms with E-state index in [0.717, 1.165) is 0 Å². The molecule has 52 valence electrons. The van der Waals surface area contributed by atoms with Gasteiger partial charge < -0.3 is 10.5 Å². The first-order chi connectivity index (χ1) is 4.13. The molecule has 0 amide bonds. The van der Waals surface area contributed by atoms with Crippen LogP contribution < -0.4 is 5.73 Å². The number of hydrogen-bond donors (Lipinski definition) is 1. The lowest BCUT2D eigenvalue weighted by molar-refractivity contribution is -0.141. The van der Waals surface area contributed by atoms with Gasteiger partial charge in [-0.05, 0) is 6.92 Å². The average Bonchev–Trinajstić information content (AvgIpc) is 1.98. The number of esters is 1. The number of cyclic esters (lactones) is 1. The van der Waals surface area contributed by atoms with E-state index in [1.165, 1.54) is 0 Å². The number of hydrogen-bond acceptors (Lipinski definition) is 3. The lowest BCUT2D eigenvalue weighted by atomic mass is 10.0. The van der Waals surface area contributed by atoms with Crippen LogP contribution in [0.25, 0.3) is 0 Å². The summed E-state index contributed by atoms with van der Waals surface area (Å²) in [5.41, 5.74) is 5.44. The lowest BCUT2D eigenvalue weighted by Crippen LogP contribution is -2.31. The summed E-state index contributed by atoms with van der Waals surface area (Å²) in [5, 5.41) is 0. The molecule has 1 unspecified atom stereocenters. The van der Waals surface area contributed by atoms with Gasteiger partial charge in [0.15, 0.2) is 0 Å². The van der Waals surface area contributed by atoms with Gasteiger partial charge in [-0.2, -0.15) is 0 Å². The average molecular weight is 129 g/mol. The van der Waals surface area contributed by atoms with Crippen LogP contribution in [0, 0.1) is 5.92 Å². The molecule has 1 fully saturated rings. The second kappa shape index (κ2) is 1.99. The smallest absolute Gasteiger partial charge is 0.323 e. The molecule has 1 heterocycles. The molecule has 1 aliphatic heterocycles. The van der Waals surface area contributed by atoms with Gasteiger partial charge in [-0.15, -0.1) is 0 Å². The van der Waals surface area contributed by atoms with Crippen LogP contribution in [0.5, 0.6) is 0 Å². The van der Waals surface area contributed by atoms with E-state index in [1.807, 2.05) is 13.8 Å². The second-order valence-electron chi connectivity index (χ2n) is 2.53. The van der Waals surface area contributed by atoms with E-state index >= 15 is 0 Å². The highest BCUT2D eigenvalue weighted by Crippen LogP contribution is 2.19. The largest absolute Gasteiger partial charge is 0.461 e. The summed E-state index contributed by atoms with van der Waals surface area (Å²) in [4.78, 5) is 10.6.